The van der Waals surface area contributed by atoms with Gasteiger partial charge in [0.25, 0.3) is 0 Å². The molecule has 0 atom stereocenters. The van der Waals surface area contributed by atoms with E-state index < -0.39 is 17.7 Å². The predicted octanol–water partition coefficient (Wildman–Crippen LogP) is 5.27. The quantitative estimate of drug-likeness (QED) is 0.434. The minimum Gasteiger partial charge on any atom is -0.481 e. The van der Waals surface area contributed by atoms with Crippen LogP contribution in [0.2, 0.25) is 0 Å². The molecule has 1 aromatic heterocycles. The number of aliphatic carboxylic acids is 1. The molecule has 190 valence electrons. The Kier molecular flexibility index (Phi) is 7.88. The second-order valence-corrected chi connectivity index (χ2v) is 8.99. The van der Waals surface area contributed by atoms with Crippen molar-refractivity contribution in [3.05, 3.63) is 82.7 Å². The Morgan fingerprint density at radius 2 is 1.78 bits per heavy atom. The Morgan fingerprint density at radius 1 is 1.06 bits per heavy atom. The van der Waals surface area contributed by atoms with Crippen LogP contribution in [-0.4, -0.2) is 45.6 Å². The number of benzene rings is 2. The third-order valence-corrected chi connectivity index (χ3v) is 6.42. The summed E-state index contributed by atoms with van der Waals surface area (Å²) in [6.07, 6.45) is 1.55. The van der Waals surface area contributed by atoms with Gasteiger partial charge in [-0.1, -0.05) is 25.1 Å². The average molecular weight is 499 g/mol. The standard InChI is InChI=1S/C27H29F3N4O2/c1-2-19-16-31-26(32-17-19)34(24-8-6-23(7-9-24)27(28,29)30)12-3-11-33-13-10-21-5-4-20(15-25(35)36)14-22(21)18-33/h4-9,14,16-17H,2-3,10-13,15,18H2,1H3,(H,35,36). The number of fused-ring (bicyclic) bond motifs is 1. The molecule has 9 heteroatoms. The Balaban J connectivity index is 1.45. The van der Waals surface area contributed by atoms with E-state index in [0.29, 0.717) is 18.2 Å². The summed E-state index contributed by atoms with van der Waals surface area (Å²) in [5.74, 6) is -0.394. The first kappa shape index (κ1) is 25.6. The van der Waals surface area contributed by atoms with Gasteiger partial charge in [-0.05, 0) is 65.8 Å². The zero-order valence-corrected chi connectivity index (χ0v) is 20.1. The van der Waals surface area contributed by atoms with Crippen LogP contribution < -0.4 is 4.90 Å². The molecule has 0 amide bonds. The van der Waals surface area contributed by atoms with E-state index in [-0.39, 0.29) is 6.42 Å². The number of alkyl halides is 3. The molecule has 3 aromatic rings. The smallest absolute Gasteiger partial charge is 0.416 e. The lowest BCUT2D eigenvalue weighted by molar-refractivity contribution is -0.138. The molecule has 1 aliphatic heterocycles. The van der Waals surface area contributed by atoms with Crippen LogP contribution >= 0.6 is 0 Å². The molecule has 0 unspecified atom stereocenters. The molecule has 0 spiro atoms. The molecular formula is C27H29F3N4O2. The van der Waals surface area contributed by atoms with E-state index in [1.807, 2.05) is 30.0 Å². The highest BCUT2D eigenvalue weighted by atomic mass is 19.4. The number of aryl methyl sites for hydroxylation is 1. The fourth-order valence-electron chi connectivity index (χ4n) is 4.44. The molecule has 0 bridgehead atoms. The number of hydrogen-bond acceptors (Lipinski definition) is 5. The zero-order chi connectivity index (χ0) is 25.7. The molecule has 6 nitrogen and oxygen atoms in total. The third-order valence-electron chi connectivity index (χ3n) is 6.42. The SMILES string of the molecule is CCc1cnc(N(CCCN2CCc3ccc(CC(=O)O)cc3C2)c2ccc(C(F)(F)F)cc2)nc1. The van der Waals surface area contributed by atoms with Crippen LogP contribution in [-0.2, 0) is 36.8 Å². The van der Waals surface area contributed by atoms with Gasteiger partial charge in [0.2, 0.25) is 5.95 Å². The number of carboxylic acids is 1. The van der Waals surface area contributed by atoms with Gasteiger partial charge in [-0.2, -0.15) is 13.2 Å². The lowest BCUT2D eigenvalue weighted by atomic mass is 9.96. The van der Waals surface area contributed by atoms with E-state index in [2.05, 4.69) is 14.9 Å². The Hall–Kier alpha value is -3.46. The molecular weight excluding hydrogens is 469 g/mol. The van der Waals surface area contributed by atoms with E-state index in [1.54, 1.807) is 12.4 Å². The summed E-state index contributed by atoms with van der Waals surface area (Å²) in [7, 11) is 0. The fraction of sp³-hybridized carbons (Fsp3) is 0.370. The molecule has 36 heavy (non-hydrogen) atoms. The van der Waals surface area contributed by atoms with Crippen molar-refractivity contribution in [2.45, 2.75) is 45.3 Å². The summed E-state index contributed by atoms with van der Waals surface area (Å²) in [4.78, 5) is 24.1. The van der Waals surface area contributed by atoms with Crippen LogP contribution in [0.5, 0.6) is 0 Å². The summed E-state index contributed by atoms with van der Waals surface area (Å²) < 4.78 is 39.2. The van der Waals surface area contributed by atoms with Gasteiger partial charge in [-0.25, -0.2) is 9.97 Å². The number of carboxylic acid groups (broad SMARTS) is 1. The Labute approximate surface area is 208 Å². The molecule has 0 radical (unpaired) electrons. The normalized spacial score (nSPS) is 13.9. The van der Waals surface area contributed by atoms with Crippen molar-refractivity contribution in [2.75, 3.05) is 24.5 Å². The first-order valence-electron chi connectivity index (χ1n) is 12.0. The molecule has 0 saturated heterocycles. The van der Waals surface area contributed by atoms with Crippen molar-refractivity contribution >= 4 is 17.6 Å². The van der Waals surface area contributed by atoms with Crippen molar-refractivity contribution < 1.29 is 23.1 Å². The van der Waals surface area contributed by atoms with Gasteiger partial charge in [-0.3, -0.25) is 9.69 Å². The fourth-order valence-corrected chi connectivity index (χ4v) is 4.44. The largest absolute Gasteiger partial charge is 0.481 e. The van der Waals surface area contributed by atoms with Crippen molar-refractivity contribution in [3.63, 3.8) is 0 Å². The molecule has 0 aliphatic carbocycles. The number of aromatic nitrogens is 2. The second kappa shape index (κ2) is 11.1. The maximum Gasteiger partial charge on any atom is 0.416 e. The van der Waals surface area contributed by atoms with Crippen LogP contribution in [0.25, 0.3) is 0 Å². The van der Waals surface area contributed by atoms with Gasteiger partial charge in [0.05, 0.1) is 12.0 Å². The molecule has 0 fully saturated rings. The lowest BCUT2D eigenvalue weighted by Gasteiger charge is -2.30. The van der Waals surface area contributed by atoms with Crippen molar-refractivity contribution in [2.24, 2.45) is 0 Å². The Morgan fingerprint density at radius 3 is 2.42 bits per heavy atom. The van der Waals surface area contributed by atoms with Crippen LogP contribution in [0.3, 0.4) is 0 Å². The topological polar surface area (TPSA) is 69.6 Å². The number of nitrogens with zero attached hydrogens (tertiary/aromatic N) is 4. The minimum atomic E-state index is -4.39. The van der Waals surface area contributed by atoms with Crippen molar-refractivity contribution in [1.82, 2.24) is 14.9 Å². The highest BCUT2D eigenvalue weighted by Gasteiger charge is 2.30. The molecule has 0 saturated carbocycles. The van der Waals surface area contributed by atoms with Gasteiger partial charge < -0.3 is 10.0 Å². The van der Waals surface area contributed by atoms with E-state index in [4.69, 9.17) is 5.11 Å². The highest BCUT2D eigenvalue weighted by molar-refractivity contribution is 5.70. The highest BCUT2D eigenvalue weighted by Crippen LogP contribution is 2.32. The minimum absolute atomic E-state index is 0.00614. The zero-order valence-electron chi connectivity index (χ0n) is 20.1. The number of carbonyl (C=O) groups is 1. The van der Waals surface area contributed by atoms with E-state index in [9.17, 15) is 18.0 Å². The van der Waals surface area contributed by atoms with Crippen LogP contribution in [0, 0.1) is 0 Å². The van der Waals surface area contributed by atoms with E-state index in [1.165, 1.54) is 17.7 Å². The molecule has 1 aliphatic rings. The van der Waals surface area contributed by atoms with E-state index in [0.717, 1.165) is 67.7 Å². The maximum atomic E-state index is 13.1. The van der Waals surface area contributed by atoms with Crippen molar-refractivity contribution in [1.29, 1.82) is 0 Å². The first-order chi connectivity index (χ1) is 17.2. The third kappa shape index (κ3) is 6.40. The average Bonchev–Trinajstić information content (AvgIpc) is 2.86. The number of rotatable bonds is 9. The van der Waals surface area contributed by atoms with E-state index >= 15 is 0 Å². The summed E-state index contributed by atoms with van der Waals surface area (Å²) >= 11 is 0. The summed E-state index contributed by atoms with van der Waals surface area (Å²) in [5.41, 5.74) is 4.09. The molecule has 2 aromatic carbocycles. The van der Waals surface area contributed by atoms with Gasteiger partial charge in [0.1, 0.15) is 0 Å². The van der Waals surface area contributed by atoms with Crippen LogP contribution in [0.1, 0.15) is 41.2 Å². The summed E-state index contributed by atoms with van der Waals surface area (Å²) in [6, 6.07) is 11.0. The maximum absolute atomic E-state index is 13.1. The van der Waals surface area contributed by atoms with Gasteiger partial charge in [0, 0.05) is 44.3 Å². The van der Waals surface area contributed by atoms with Gasteiger partial charge >= 0.3 is 12.1 Å². The lowest BCUT2D eigenvalue weighted by Crippen LogP contribution is -2.33. The number of anilines is 2. The second-order valence-electron chi connectivity index (χ2n) is 8.99. The van der Waals surface area contributed by atoms with Crippen LogP contribution in [0.15, 0.2) is 54.9 Å². The molecule has 1 N–H and O–H groups in total. The summed E-state index contributed by atoms with van der Waals surface area (Å²) in [5, 5.41) is 9.08. The van der Waals surface area contributed by atoms with Crippen LogP contribution in [0.4, 0.5) is 24.8 Å². The summed E-state index contributed by atoms with van der Waals surface area (Å²) in [6.45, 7) is 4.97. The molecule has 2 heterocycles. The number of hydrogen-bond donors (Lipinski definition) is 1. The first-order valence-corrected chi connectivity index (χ1v) is 12.0. The van der Waals surface area contributed by atoms with Gasteiger partial charge in [-0.15, -0.1) is 0 Å². The molecule has 4 rings (SSSR count). The predicted molar refractivity (Wildman–Crippen MR) is 131 cm³/mol. The Bertz CT molecular complexity index is 1180. The monoisotopic (exact) mass is 498 g/mol. The van der Waals surface area contributed by atoms with Gasteiger partial charge in [0.15, 0.2) is 0 Å². The number of halogens is 3. The van der Waals surface area contributed by atoms with Crippen molar-refractivity contribution in [3.8, 4) is 0 Å².